The Morgan fingerprint density at radius 1 is 1.11 bits per heavy atom. The minimum absolute atomic E-state index is 0.173. The molecule has 0 saturated carbocycles. The summed E-state index contributed by atoms with van der Waals surface area (Å²) in [6.45, 7) is 2.94. The highest BCUT2D eigenvalue weighted by atomic mass is 32.2. The second kappa shape index (κ2) is 8.02. The van der Waals surface area contributed by atoms with E-state index in [-0.39, 0.29) is 10.8 Å². The van der Waals surface area contributed by atoms with E-state index >= 15 is 0 Å². The van der Waals surface area contributed by atoms with E-state index in [2.05, 4.69) is 5.32 Å². The first-order chi connectivity index (χ1) is 13.5. The lowest BCUT2D eigenvalue weighted by molar-refractivity contribution is -0.137. The van der Waals surface area contributed by atoms with E-state index in [1.165, 1.54) is 22.1 Å². The standard InChI is InChI=1S/C18H23N3O5S2/c22-17-16(18(23)20-8-10-26-11-9-20)27-15-5-4-13(12-14(15)19-17)28(24,25)21-6-2-1-3-7-21/h4-5,12,16H,1-3,6-11H2,(H,19,22)/t16-/m1/s1. The van der Waals surface area contributed by atoms with Crippen LogP contribution in [0.15, 0.2) is 28.0 Å². The van der Waals surface area contributed by atoms with Crippen LogP contribution in [0.1, 0.15) is 19.3 Å². The average molecular weight is 426 g/mol. The van der Waals surface area contributed by atoms with Crippen molar-refractivity contribution in [2.45, 2.75) is 34.3 Å². The molecule has 3 aliphatic heterocycles. The number of anilines is 1. The molecule has 4 rings (SSSR count). The summed E-state index contributed by atoms with van der Waals surface area (Å²) in [5, 5.41) is 1.86. The summed E-state index contributed by atoms with van der Waals surface area (Å²) in [5.41, 5.74) is 0.444. The first-order valence-electron chi connectivity index (χ1n) is 9.45. The first kappa shape index (κ1) is 19.7. The van der Waals surface area contributed by atoms with E-state index in [0.717, 1.165) is 19.3 Å². The Morgan fingerprint density at radius 3 is 2.54 bits per heavy atom. The second-order valence-corrected chi connectivity index (χ2v) is 10.1. The maximum atomic E-state index is 12.9. The van der Waals surface area contributed by atoms with E-state index in [1.807, 2.05) is 0 Å². The molecule has 1 aromatic carbocycles. The molecule has 1 atom stereocenters. The number of morpholine rings is 1. The van der Waals surface area contributed by atoms with Gasteiger partial charge in [0, 0.05) is 31.1 Å². The molecule has 0 spiro atoms. The minimum Gasteiger partial charge on any atom is -0.378 e. The number of sulfonamides is 1. The van der Waals surface area contributed by atoms with Gasteiger partial charge in [0.25, 0.3) is 0 Å². The van der Waals surface area contributed by atoms with Gasteiger partial charge in [-0.2, -0.15) is 4.31 Å². The maximum Gasteiger partial charge on any atom is 0.247 e. The normalized spacial score (nSPS) is 23.8. The fourth-order valence-electron chi connectivity index (χ4n) is 3.62. The number of nitrogens with zero attached hydrogens (tertiary/aromatic N) is 2. The number of rotatable bonds is 3. The molecule has 0 unspecified atom stereocenters. The molecule has 152 valence electrons. The lowest BCUT2D eigenvalue weighted by Crippen LogP contribution is -2.49. The van der Waals surface area contributed by atoms with Crippen LogP contribution in [0, 0.1) is 0 Å². The highest BCUT2D eigenvalue weighted by Crippen LogP contribution is 2.38. The summed E-state index contributed by atoms with van der Waals surface area (Å²) < 4.78 is 32.5. The number of hydrogen-bond donors (Lipinski definition) is 1. The molecule has 2 amide bonds. The van der Waals surface area contributed by atoms with Crippen molar-refractivity contribution < 1.29 is 22.7 Å². The zero-order valence-electron chi connectivity index (χ0n) is 15.4. The molecule has 2 fully saturated rings. The molecule has 3 aliphatic rings. The van der Waals surface area contributed by atoms with Gasteiger partial charge < -0.3 is 15.0 Å². The van der Waals surface area contributed by atoms with Crippen LogP contribution in [0.2, 0.25) is 0 Å². The van der Waals surface area contributed by atoms with Crippen LogP contribution in [0.5, 0.6) is 0 Å². The van der Waals surface area contributed by atoms with E-state index in [4.69, 9.17) is 4.74 Å². The number of thioether (sulfide) groups is 1. The summed E-state index contributed by atoms with van der Waals surface area (Å²) in [6.07, 6.45) is 2.77. The largest absolute Gasteiger partial charge is 0.378 e. The maximum absolute atomic E-state index is 12.9. The number of benzene rings is 1. The Kier molecular flexibility index (Phi) is 5.64. The molecule has 1 N–H and O–H groups in total. The van der Waals surface area contributed by atoms with Gasteiger partial charge in [0.05, 0.1) is 23.8 Å². The van der Waals surface area contributed by atoms with Gasteiger partial charge in [0.2, 0.25) is 21.8 Å². The number of amides is 2. The molecule has 8 nitrogen and oxygen atoms in total. The highest BCUT2D eigenvalue weighted by Gasteiger charge is 2.37. The van der Waals surface area contributed by atoms with Crippen molar-refractivity contribution in [3.63, 3.8) is 0 Å². The molecule has 1 aromatic rings. The van der Waals surface area contributed by atoms with Crippen LogP contribution >= 0.6 is 11.8 Å². The molecule has 0 radical (unpaired) electrons. The number of hydrogen-bond acceptors (Lipinski definition) is 6. The SMILES string of the molecule is O=C1Nc2cc(S(=O)(=O)N3CCCCC3)ccc2S[C@H]1C(=O)N1CCOCC1. The topological polar surface area (TPSA) is 96.0 Å². The zero-order valence-corrected chi connectivity index (χ0v) is 17.1. The number of nitrogens with one attached hydrogen (secondary N) is 1. The summed E-state index contributed by atoms with van der Waals surface area (Å²) >= 11 is 1.17. The lowest BCUT2D eigenvalue weighted by Gasteiger charge is -2.32. The number of ether oxygens (including phenoxy) is 1. The van der Waals surface area contributed by atoms with Gasteiger partial charge in [0.1, 0.15) is 0 Å². The third kappa shape index (κ3) is 3.78. The first-order valence-corrected chi connectivity index (χ1v) is 11.8. The van der Waals surface area contributed by atoms with E-state index in [1.54, 1.807) is 17.0 Å². The Labute approximate surface area is 168 Å². The molecule has 10 heteroatoms. The monoisotopic (exact) mass is 425 g/mol. The van der Waals surface area contributed by atoms with Gasteiger partial charge in [0.15, 0.2) is 5.25 Å². The summed E-state index contributed by atoms with van der Waals surface area (Å²) in [4.78, 5) is 27.7. The molecule has 0 bridgehead atoms. The number of carbonyl (C=O) groups is 2. The fraction of sp³-hybridized carbons (Fsp3) is 0.556. The van der Waals surface area contributed by atoms with Crippen LogP contribution in [-0.4, -0.2) is 74.1 Å². The van der Waals surface area contributed by atoms with Crippen LogP contribution < -0.4 is 5.32 Å². The minimum atomic E-state index is -3.58. The molecule has 28 heavy (non-hydrogen) atoms. The third-order valence-corrected chi connectivity index (χ3v) is 8.35. The van der Waals surface area contributed by atoms with Crippen LogP contribution in [0.25, 0.3) is 0 Å². The van der Waals surface area contributed by atoms with E-state index in [0.29, 0.717) is 50.0 Å². The third-order valence-electron chi connectivity index (χ3n) is 5.19. The average Bonchev–Trinajstić information content (AvgIpc) is 2.73. The van der Waals surface area contributed by atoms with Gasteiger partial charge in [-0.05, 0) is 31.0 Å². The van der Waals surface area contributed by atoms with Gasteiger partial charge in [-0.15, -0.1) is 11.8 Å². The quantitative estimate of drug-likeness (QED) is 0.730. The molecule has 0 aliphatic carbocycles. The number of piperidine rings is 1. The summed E-state index contributed by atoms with van der Waals surface area (Å²) in [6, 6.07) is 4.74. The molecule has 0 aromatic heterocycles. The zero-order chi connectivity index (χ0) is 19.7. The van der Waals surface area contributed by atoms with Gasteiger partial charge in [-0.1, -0.05) is 6.42 Å². The smallest absolute Gasteiger partial charge is 0.247 e. The van der Waals surface area contributed by atoms with Crippen LogP contribution in [0.4, 0.5) is 5.69 Å². The van der Waals surface area contributed by atoms with Gasteiger partial charge in [-0.3, -0.25) is 9.59 Å². The Bertz CT molecular complexity index is 877. The summed E-state index contributed by atoms with van der Waals surface area (Å²) in [5.74, 6) is -0.650. The second-order valence-electron chi connectivity index (χ2n) is 7.05. The molecule has 3 heterocycles. The Morgan fingerprint density at radius 2 is 1.82 bits per heavy atom. The van der Waals surface area contributed by atoms with Gasteiger partial charge in [-0.25, -0.2) is 8.42 Å². The highest BCUT2D eigenvalue weighted by molar-refractivity contribution is 8.01. The van der Waals surface area contributed by atoms with Crippen molar-refractivity contribution in [3.05, 3.63) is 18.2 Å². The fourth-order valence-corrected chi connectivity index (χ4v) is 6.21. The molecular weight excluding hydrogens is 402 g/mol. The van der Waals surface area contributed by atoms with Gasteiger partial charge >= 0.3 is 0 Å². The van der Waals surface area contributed by atoms with Crippen molar-refractivity contribution in [1.29, 1.82) is 0 Å². The summed E-state index contributed by atoms with van der Waals surface area (Å²) in [7, 11) is -3.58. The predicted molar refractivity (Wildman–Crippen MR) is 105 cm³/mol. The molecular formula is C18H23N3O5S2. The number of fused-ring (bicyclic) bond motifs is 1. The van der Waals surface area contributed by atoms with Crippen molar-refractivity contribution >= 4 is 39.3 Å². The van der Waals surface area contributed by atoms with E-state index < -0.39 is 21.2 Å². The van der Waals surface area contributed by atoms with Crippen molar-refractivity contribution in [1.82, 2.24) is 9.21 Å². The Balaban J connectivity index is 1.54. The van der Waals surface area contributed by atoms with Crippen molar-refractivity contribution in [2.75, 3.05) is 44.7 Å². The van der Waals surface area contributed by atoms with E-state index in [9.17, 15) is 18.0 Å². The van der Waals surface area contributed by atoms with Crippen LogP contribution in [0.3, 0.4) is 0 Å². The number of carbonyl (C=O) groups excluding carboxylic acids is 2. The predicted octanol–water partition coefficient (Wildman–Crippen LogP) is 1.13. The molecule has 2 saturated heterocycles. The van der Waals surface area contributed by atoms with Crippen molar-refractivity contribution in [3.8, 4) is 0 Å². The van der Waals surface area contributed by atoms with Crippen molar-refractivity contribution in [2.24, 2.45) is 0 Å². The van der Waals surface area contributed by atoms with Crippen LogP contribution in [-0.2, 0) is 24.3 Å². The Hall–Kier alpha value is -1.62. The lowest BCUT2D eigenvalue weighted by atomic mass is 10.2.